The molecule has 0 aliphatic carbocycles. The molecular weight excluding hydrogens is 318 g/mol. The van der Waals surface area contributed by atoms with Gasteiger partial charge in [-0.15, -0.1) is 0 Å². The van der Waals surface area contributed by atoms with Gasteiger partial charge in [0.1, 0.15) is 4.90 Å². The fourth-order valence-corrected chi connectivity index (χ4v) is 2.92. The summed E-state index contributed by atoms with van der Waals surface area (Å²) in [5, 5.41) is 17.1. The number of sulfonamides is 1. The number of nitrogens with one attached hydrogen (secondary N) is 1. The molecule has 0 unspecified atom stereocenters. The summed E-state index contributed by atoms with van der Waals surface area (Å²) in [6.07, 6.45) is 0.644. The second-order valence-corrected chi connectivity index (χ2v) is 6.48. The molecule has 0 fully saturated rings. The summed E-state index contributed by atoms with van der Waals surface area (Å²) in [6, 6.07) is 11.8. The summed E-state index contributed by atoms with van der Waals surface area (Å²) in [4.78, 5) is 10.7. The average molecular weight is 335 g/mol. The minimum Gasteiger partial charge on any atom is -0.478 e. The number of benzene rings is 2. The summed E-state index contributed by atoms with van der Waals surface area (Å²) in [5.41, 5.74) is 6.76. The lowest BCUT2D eigenvalue weighted by Crippen LogP contribution is -2.18. The number of nitrogens with two attached hydrogens (primary N) is 2. The van der Waals surface area contributed by atoms with Gasteiger partial charge < -0.3 is 16.2 Å². The van der Waals surface area contributed by atoms with E-state index >= 15 is 0 Å². The molecule has 6 N–H and O–H groups in total. The normalized spacial score (nSPS) is 11.2. The second-order valence-electron chi connectivity index (χ2n) is 4.95. The molecule has 2 aromatic rings. The number of nitrogen functional groups attached to an aromatic ring is 1. The van der Waals surface area contributed by atoms with E-state index < -0.39 is 16.0 Å². The average Bonchev–Trinajstić information content (AvgIpc) is 2.48. The first kappa shape index (κ1) is 16.8. The summed E-state index contributed by atoms with van der Waals surface area (Å²) in [6.45, 7) is 0.420. The topological polar surface area (TPSA) is 136 Å². The van der Waals surface area contributed by atoms with Crippen LogP contribution < -0.4 is 16.2 Å². The van der Waals surface area contributed by atoms with E-state index in [1.165, 1.54) is 6.07 Å². The zero-order valence-corrected chi connectivity index (χ0v) is 13.0. The third-order valence-electron chi connectivity index (χ3n) is 3.24. The third-order valence-corrected chi connectivity index (χ3v) is 4.18. The number of primary sulfonamides is 1. The lowest BCUT2D eigenvalue weighted by atomic mass is 10.1. The van der Waals surface area contributed by atoms with Crippen molar-refractivity contribution in [2.24, 2.45) is 5.14 Å². The first-order chi connectivity index (χ1) is 10.8. The predicted octanol–water partition coefficient (Wildman–Crippen LogP) is 1.27. The Bertz CT molecular complexity index is 820. The van der Waals surface area contributed by atoms with Gasteiger partial charge in [-0.3, -0.25) is 0 Å². The standard InChI is InChI=1S/C15H17N3O4S/c16-12-8-11(15(19)20)9-13(23(17,21)22)14(12)18-7-6-10-4-2-1-3-5-10/h1-5,8-9,18H,6-7,16H2,(H,19,20)(H2,17,21,22). The number of carboxylic acids is 1. The largest absolute Gasteiger partial charge is 0.478 e. The minimum atomic E-state index is -4.11. The molecule has 0 saturated carbocycles. The van der Waals surface area contributed by atoms with Crippen LogP contribution in [0, 0.1) is 0 Å². The Morgan fingerprint density at radius 2 is 1.83 bits per heavy atom. The van der Waals surface area contributed by atoms with E-state index in [-0.39, 0.29) is 21.8 Å². The summed E-state index contributed by atoms with van der Waals surface area (Å²) in [7, 11) is -4.11. The first-order valence-electron chi connectivity index (χ1n) is 6.76. The van der Waals surface area contributed by atoms with E-state index in [0.717, 1.165) is 11.6 Å². The number of aromatic carboxylic acids is 1. The number of hydrogen-bond donors (Lipinski definition) is 4. The minimum absolute atomic E-state index is 0.0157. The molecule has 2 aromatic carbocycles. The molecule has 122 valence electrons. The van der Waals surface area contributed by atoms with Crippen LogP contribution in [0.1, 0.15) is 15.9 Å². The zero-order valence-electron chi connectivity index (χ0n) is 12.2. The van der Waals surface area contributed by atoms with Gasteiger partial charge in [0.2, 0.25) is 10.0 Å². The number of hydrogen-bond acceptors (Lipinski definition) is 5. The summed E-state index contributed by atoms with van der Waals surface area (Å²) < 4.78 is 23.4. The molecule has 23 heavy (non-hydrogen) atoms. The van der Waals surface area contributed by atoms with E-state index in [9.17, 15) is 13.2 Å². The molecular formula is C15H17N3O4S. The highest BCUT2D eigenvalue weighted by molar-refractivity contribution is 7.89. The van der Waals surface area contributed by atoms with Crippen LogP contribution in [0.5, 0.6) is 0 Å². The first-order valence-corrected chi connectivity index (χ1v) is 8.31. The molecule has 0 spiro atoms. The SMILES string of the molecule is Nc1cc(C(=O)O)cc(S(N)(=O)=O)c1NCCc1ccccc1. The van der Waals surface area contributed by atoms with Crippen molar-refractivity contribution in [1.82, 2.24) is 0 Å². The molecule has 0 aliphatic rings. The van der Waals surface area contributed by atoms with Crippen molar-refractivity contribution in [3.63, 3.8) is 0 Å². The van der Waals surface area contributed by atoms with Crippen molar-refractivity contribution in [1.29, 1.82) is 0 Å². The molecule has 2 rings (SSSR count). The van der Waals surface area contributed by atoms with Gasteiger partial charge >= 0.3 is 5.97 Å². The Hall–Kier alpha value is -2.58. The van der Waals surface area contributed by atoms with Crippen molar-refractivity contribution in [3.05, 3.63) is 53.6 Å². The van der Waals surface area contributed by atoms with E-state index in [1.807, 2.05) is 30.3 Å². The number of rotatable bonds is 6. The highest BCUT2D eigenvalue weighted by Crippen LogP contribution is 2.29. The Morgan fingerprint density at radius 3 is 2.39 bits per heavy atom. The number of carboxylic acid groups (broad SMARTS) is 1. The van der Waals surface area contributed by atoms with Crippen molar-refractivity contribution in [3.8, 4) is 0 Å². The Kier molecular flexibility index (Phi) is 4.87. The molecule has 0 radical (unpaired) electrons. The Morgan fingerprint density at radius 1 is 1.17 bits per heavy atom. The lowest BCUT2D eigenvalue weighted by molar-refractivity contribution is 0.0696. The van der Waals surface area contributed by atoms with Gasteiger partial charge in [0.15, 0.2) is 0 Å². The van der Waals surface area contributed by atoms with Crippen LogP contribution in [0.15, 0.2) is 47.4 Å². The molecule has 7 nitrogen and oxygen atoms in total. The van der Waals surface area contributed by atoms with E-state index in [1.54, 1.807) is 0 Å². The molecule has 0 saturated heterocycles. The van der Waals surface area contributed by atoms with Crippen LogP contribution >= 0.6 is 0 Å². The van der Waals surface area contributed by atoms with Gasteiger partial charge in [0.25, 0.3) is 0 Å². The highest BCUT2D eigenvalue weighted by Gasteiger charge is 2.20. The van der Waals surface area contributed by atoms with Gasteiger partial charge in [-0.2, -0.15) is 0 Å². The fourth-order valence-electron chi connectivity index (χ4n) is 2.15. The maximum atomic E-state index is 11.7. The van der Waals surface area contributed by atoms with Crippen LogP contribution in [-0.2, 0) is 16.4 Å². The van der Waals surface area contributed by atoms with Gasteiger partial charge in [-0.05, 0) is 24.1 Å². The molecule has 0 atom stereocenters. The number of anilines is 2. The van der Waals surface area contributed by atoms with Crippen molar-refractivity contribution < 1.29 is 18.3 Å². The van der Waals surface area contributed by atoms with Gasteiger partial charge in [-0.1, -0.05) is 30.3 Å². The molecule has 0 aliphatic heterocycles. The predicted molar refractivity (Wildman–Crippen MR) is 87.8 cm³/mol. The monoisotopic (exact) mass is 335 g/mol. The van der Waals surface area contributed by atoms with Crippen LogP contribution in [0.25, 0.3) is 0 Å². The smallest absolute Gasteiger partial charge is 0.335 e. The van der Waals surface area contributed by atoms with Crippen molar-refractivity contribution >= 4 is 27.4 Å². The van der Waals surface area contributed by atoms with E-state index in [4.69, 9.17) is 16.0 Å². The van der Waals surface area contributed by atoms with E-state index in [0.29, 0.717) is 13.0 Å². The van der Waals surface area contributed by atoms with Crippen molar-refractivity contribution in [2.45, 2.75) is 11.3 Å². The zero-order chi connectivity index (χ0) is 17.0. The molecule has 0 bridgehead atoms. The van der Waals surface area contributed by atoms with Gasteiger partial charge in [-0.25, -0.2) is 18.4 Å². The van der Waals surface area contributed by atoms with E-state index in [2.05, 4.69) is 5.32 Å². The molecule has 0 amide bonds. The molecule has 0 heterocycles. The Balaban J connectivity index is 2.28. The summed E-state index contributed by atoms with van der Waals surface area (Å²) in [5.74, 6) is -1.28. The molecule has 0 aromatic heterocycles. The second kappa shape index (κ2) is 6.67. The van der Waals surface area contributed by atoms with Gasteiger partial charge in [0, 0.05) is 6.54 Å². The molecule has 8 heteroatoms. The Labute approximate surface area is 134 Å². The summed E-state index contributed by atoms with van der Waals surface area (Å²) >= 11 is 0. The lowest BCUT2D eigenvalue weighted by Gasteiger charge is -2.14. The van der Waals surface area contributed by atoms with Crippen LogP contribution in [0.3, 0.4) is 0 Å². The van der Waals surface area contributed by atoms with Crippen molar-refractivity contribution in [2.75, 3.05) is 17.6 Å². The van der Waals surface area contributed by atoms with Gasteiger partial charge in [0.05, 0.1) is 16.9 Å². The third kappa shape index (κ3) is 4.21. The highest BCUT2D eigenvalue weighted by atomic mass is 32.2. The quantitative estimate of drug-likeness (QED) is 0.587. The van der Waals surface area contributed by atoms with Crippen LogP contribution in [-0.4, -0.2) is 26.0 Å². The fraction of sp³-hybridized carbons (Fsp3) is 0.133. The van der Waals surface area contributed by atoms with Crippen LogP contribution in [0.2, 0.25) is 0 Å². The number of carbonyl (C=O) groups is 1. The maximum absolute atomic E-state index is 11.7. The van der Waals surface area contributed by atoms with Crippen LogP contribution in [0.4, 0.5) is 11.4 Å². The maximum Gasteiger partial charge on any atom is 0.335 e.